The highest BCUT2D eigenvalue weighted by atomic mass is 16.1. The molecule has 1 unspecified atom stereocenters. The number of aryl methyl sites for hydroxylation is 1. The average Bonchev–Trinajstić information content (AvgIpc) is 2.53. The van der Waals surface area contributed by atoms with Crippen molar-refractivity contribution in [3.63, 3.8) is 0 Å². The van der Waals surface area contributed by atoms with Gasteiger partial charge in [-0.1, -0.05) is 6.92 Å². The Morgan fingerprint density at radius 3 is 2.87 bits per heavy atom. The first-order chi connectivity index (χ1) is 11.0. The van der Waals surface area contributed by atoms with Crippen molar-refractivity contribution in [3.05, 3.63) is 17.6 Å². The number of rotatable bonds is 6. The van der Waals surface area contributed by atoms with Gasteiger partial charge >= 0.3 is 0 Å². The van der Waals surface area contributed by atoms with Crippen molar-refractivity contribution in [2.75, 3.05) is 38.6 Å². The van der Waals surface area contributed by atoms with Gasteiger partial charge in [0.05, 0.1) is 0 Å². The summed E-state index contributed by atoms with van der Waals surface area (Å²) >= 11 is 0. The molecule has 1 fully saturated rings. The summed E-state index contributed by atoms with van der Waals surface area (Å²) in [6, 6.07) is 2.36. The highest BCUT2D eigenvalue weighted by Crippen LogP contribution is 2.25. The maximum Gasteiger partial charge on any atom is 0.270 e. The average molecular weight is 319 g/mol. The van der Waals surface area contributed by atoms with Gasteiger partial charge in [0, 0.05) is 31.7 Å². The molecule has 1 atom stereocenters. The van der Waals surface area contributed by atoms with E-state index in [0.29, 0.717) is 24.1 Å². The minimum atomic E-state index is -0.122. The van der Waals surface area contributed by atoms with Gasteiger partial charge < -0.3 is 15.1 Å². The molecular formula is C17H29N5O. The van der Waals surface area contributed by atoms with Gasteiger partial charge in [0.25, 0.3) is 5.91 Å². The van der Waals surface area contributed by atoms with Crippen LogP contribution in [0.3, 0.4) is 0 Å². The minimum Gasteiger partial charge on any atom is -0.354 e. The summed E-state index contributed by atoms with van der Waals surface area (Å²) in [5.74, 6) is 1.42. The molecular weight excluding hydrogens is 290 g/mol. The summed E-state index contributed by atoms with van der Waals surface area (Å²) in [6.45, 7) is 6.51. The lowest BCUT2D eigenvalue weighted by molar-refractivity contribution is 0.0945. The molecule has 0 aliphatic carbocycles. The molecule has 2 rings (SSSR count). The van der Waals surface area contributed by atoms with Crippen LogP contribution in [0.2, 0.25) is 0 Å². The topological polar surface area (TPSA) is 61.4 Å². The van der Waals surface area contributed by atoms with E-state index in [1.165, 1.54) is 19.3 Å². The van der Waals surface area contributed by atoms with Crippen LogP contribution in [0.1, 0.15) is 48.9 Å². The van der Waals surface area contributed by atoms with E-state index in [9.17, 15) is 4.79 Å². The van der Waals surface area contributed by atoms with E-state index in [1.807, 2.05) is 32.0 Å². The number of likely N-dealkylation sites (N-methyl/N-ethyl adjacent to an activating group) is 1. The Morgan fingerprint density at radius 1 is 1.39 bits per heavy atom. The van der Waals surface area contributed by atoms with Crippen LogP contribution in [-0.4, -0.2) is 60.5 Å². The molecule has 0 aromatic carbocycles. The fraction of sp³-hybridized carbons (Fsp3) is 0.706. The molecule has 23 heavy (non-hydrogen) atoms. The number of carbonyl (C=O) groups excluding carboxylic acids is 1. The molecule has 1 amide bonds. The molecule has 0 radical (unpaired) electrons. The van der Waals surface area contributed by atoms with Crippen LogP contribution in [0.5, 0.6) is 0 Å². The maximum absolute atomic E-state index is 12.3. The van der Waals surface area contributed by atoms with Crippen molar-refractivity contribution in [3.8, 4) is 0 Å². The van der Waals surface area contributed by atoms with Crippen molar-refractivity contribution in [1.82, 2.24) is 20.2 Å². The minimum absolute atomic E-state index is 0.122. The lowest BCUT2D eigenvalue weighted by atomic mass is 10.00. The normalized spacial score (nSPS) is 18.3. The summed E-state index contributed by atoms with van der Waals surface area (Å²) in [4.78, 5) is 25.6. The zero-order chi connectivity index (χ0) is 16.8. The summed E-state index contributed by atoms with van der Waals surface area (Å²) in [5, 5.41) is 2.92. The standard InChI is InChI=1S/C17H29N5O/c1-5-14-8-6-7-10-22(14)16-12-15(19-13(2)20-16)17(23)18-9-11-21(3)4/h12,14H,5-11H2,1-4H3,(H,18,23). The number of carbonyl (C=O) groups is 1. The third-order valence-corrected chi connectivity index (χ3v) is 4.29. The molecule has 2 heterocycles. The lowest BCUT2D eigenvalue weighted by Crippen LogP contribution is -2.40. The third-order valence-electron chi connectivity index (χ3n) is 4.29. The SMILES string of the molecule is CCC1CCCCN1c1cc(C(=O)NCCN(C)C)nc(C)n1. The second-order valence-electron chi connectivity index (χ2n) is 6.47. The first kappa shape index (κ1) is 17.7. The second-order valence-corrected chi connectivity index (χ2v) is 6.47. The Morgan fingerprint density at radius 2 is 2.17 bits per heavy atom. The van der Waals surface area contributed by atoms with Crippen LogP contribution in [0.4, 0.5) is 5.82 Å². The number of piperidine rings is 1. The van der Waals surface area contributed by atoms with Gasteiger partial charge in [-0.15, -0.1) is 0 Å². The van der Waals surface area contributed by atoms with Gasteiger partial charge in [-0.25, -0.2) is 9.97 Å². The van der Waals surface area contributed by atoms with Crippen molar-refractivity contribution in [2.45, 2.75) is 45.6 Å². The predicted molar refractivity (Wildman–Crippen MR) is 92.9 cm³/mol. The van der Waals surface area contributed by atoms with E-state index >= 15 is 0 Å². The van der Waals surface area contributed by atoms with E-state index in [-0.39, 0.29) is 5.91 Å². The quantitative estimate of drug-likeness (QED) is 0.867. The molecule has 1 saturated heterocycles. The van der Waals surface area contributed by atoms with Gasteiger partial charge in [-0.2, -0.15) is 0 Å². The largest absolute Gasteiger partial charge is 0.354 e. The lowest BCUT2D eigenvalue weighted by Gasteiger charge is -2.36. The van der Waals surface area contributed by atoms with E-state index < -0.39 is 0 Å². The molecule has 0 spiro atoms. The number of aromatic nitrogens is 2. The Bertz CT molecular complexity index is 532. The van der Waals surface area contributed by atoms with E-state index in [4.69, 9.17) is 0 Å². The van der Waals surface area contributed by atoms with Gasteiger partial charge in [0.2, 0.25) is 0 Å². The maximum atomic E-state index is 12.3. The van der Waals surface area contributed by atoms with E-state index in [2.05, 4.69) is 27.1 Å². The second kappa shape index (κ2) is 8.24. The molecule has 0 bridgehead atoms. The van der Waals surface area contributed by atoms with Crippen molar-refractivity contribution in [2.24, 2.45) is 0 Å². The fourth-order valence-corrected chi connectivity index (χ4v) is 3.03. The third kappa shape index (κ3) is 4.89. The summed E-state index contributed by atoms with van der Waals surface area (Å²) in [6.07, 6.45) is 4.76. The Labute approximate surface area is 139 Å². The van der Waals surface area contributed by atoms with Gasteiger partial charge in [0.1, 0.15) is 17.3 Å². The number of anilines is 1. The predicted octanol–water partition coefficient (Wildman–Crippen LogP) is 1.85. The number of hydrogen-bond acceptors (Lipinski definition) is 5. The van der Waals surface area contributed by atoms with Crippen LogP contribution in [0.15, 0.2) is 6.07 Å². The van der Waals surface area contributed by atoms with Crippen LogP contribution in [-0.2, 0) is 0 Å². The van der Waals surface area contributed by atoms with Gasteiger partial charge in [-0.3, -0.25) is 4.79 Å². The van der Waals surface area contributed by atoms with Crippen LogP contribution in [0, 0.1) is 6.92 Å². The van der Waals surface area contributed by atoms with Crippen molar-refractivity contribution >= 4 is 11.7 Å². The number of amides is 1. The van der Waals surface area contributed by atoms with E-state index in [1.54, 1.807) is 0 Å². The fourth-order valence-electron chi connectivity index (χ4n) is 3.03. The monoisotopic (exact) mass is 319 g/mol. The molecule has 1 aliphatic heterocycles. The molecule has 1 aromatic rings. The Balaban J connectivity index is 2.13. The number of hydrogen-bond donors (Lipinski definition) is 1. The first-order valence-electron chi connectivity index (χ1n) is 8.56. The van der Waals surface area contributed by atoms with Crippen LogP contribution < -0.4 is 10.2 Å². The highest BCUT2D eigenvalue weighted by Gasteiger charge is 2.23. The summed E-state index contributed by atoms with van der Waals surface area (Å²) in [7, 11) is 3.97. The molecule has 0 saturated carbocycles. The van der Waals surface area contributed by atoms with E-state index in [0.717, 1.165) is 25.3 Å². The summed E-state index contributed by atoms with van der Waals surface area (Å²) in [5.41, 5.74) is 0.465. The molecule has 1 aromatic heterocycles. The highest BCUT2D eigenvalue weighted by molar-refractivity contribution is 5.93. The number of nitrogens with one attached hydrogen (secondary N) is 1. The Hall–Kier alpha value is -1.69. The first-order valence-corrected chi connectivity index (χ1v) is 8.56. The summed E-state index contributed by atoms with van der Waals surface area (Å²) < 4.78 is 0. The zero-order valence-electron chi connectivity index (χ0n) is 14.8. The molecule has 6 heteroatoms. The zero-order valence-corrected chi connectivity index (χ0v) is 14.8. The van der Waals surface area contributed by atoms with Crippen LogP contribution >= 0.6 is 0 Å². The smallest absolute Gasteiger partial charge is 0.270 e. The van der Waals surface area contributed by atoms with Crippen LogP contribution in [0.25, 0.3) is 0 Å². The van der Waals surface area contributed by atoms with Gasteiger partial charge in [-0.05, 0) is 46.7 Å². The van der Waals surface area contributed by atoms with Gasteiger partial charge in [0.15, 0.2) is 0 Å². The van der Waals surface area contributed by atoms with Crippen molar-refractivity contribution < 1.29 is 4.79 Å². The Kier molecular flexibility index (Phi) is 6.33. The van der Waals surface area contributed by atoms with Crippen molar-refractivity contribution in [1.29, 1.82) is 0 Å². The molecule has 6 nitrogen and oxygen atoms in total. The molecule has 1 N–H and O–H groups in total. The molecule has 1 aliphatic rings. The molecule has 128 valence electrons. The number of nitrogens with zero attached hydrogens (tertiary/aromatic N) is 4.